The van der Waals surface area contributed by atoms with Gasteiger partial charge in [0.2, 0.25) is 5.95 Å². The fraction of sp³-hybridized carbons (Fsp3) is 0.273. The summed E-state index contributed by atoms with van der Waals surface area (Å²) in [5, 5.41) is 0. The van der Waals surface area contributed by atoms with Crippen LogP contribution in [-0.2, 0) is 12.7 Å². The van der Waals surface area contributed by atoms with Gasteiger partial charge in [-0.15, -0.1) is 0 Å². The molecule has 0 saturated carbocycles. The van der Waals surface area contributed by atoms with E-state index in [2.05, 4.69) is 27.0 Å². The lowest BCUT2D eigenvalue weighted by molar-refractivity contribution is -0.141. The number of rotatable bonds is 4. The molecule has 0 spiro atoms. The van der Waals surface area contributed by atoms with E-state index in [1.54, 1.807) is 4.90 Å². The molecular weight excluding hydrogens is 396 g/mol. The van der Waals surface area contributed by atoms with Crippen molar-refractivity contribution in [2.45, 2.75) is 12.7 Å². The Morgan fingerprint density at radius 2 is 1.50 bits per heavy atom. The Bertz CT molecular complexity index is 982. The largest absolute Gasteiger partial charge is 0.433 e. The second-order valence-electron chi connectivity index (χ2n) is 7.19. The molecule has 0 amide bonds. The van der Waals surface area contributed by atoms with Crippen LogP contribution in [0.4, 0.5) is 23.5 Å². The maximum Gasteiger partial charge on any atom is 0.433 e. The molecule has 8 heteroatoms. The first-order valence-electron chi connectivity index (χ1n) is 9.62. The minimum Gasteiger partial charge on any atom is -0.338 e. The van der Waals surface area contributed by atoms with Crippen LogP contribution in [0.15, 0.2) is 60.7 Å². The van der Waals surface area contributed by atoms with Crippen LogP contribution in [0.5, 0.6) is 0 Å². The average Bonchev–Trinajstić information content (AvgIpc) is 2.75. The van der Waals surface area contributed by atoms with Crippen molar-refractivity contribution in [1.29, 1.82) is 0 Å². The number of piperazine rings is 1. The Balaban J connectivity index is 1.55. The van der Waals surface area contributed by atoms with Crippen molar-refractivity contribution >= 4 is 5.95 Å². The Labute approximate surface area is 171 Å². The van der Waals surface area contributed by atoms with Gasteiger partial charge in [-0.05, 0) is 35.9 Å². The quantitative estimate of drug-likeness (QED) is 0.581. The summed E-state index contributed by atoms with van der Waals surface area (Å²) in [7, 11) is 0. The van der Waals surface area contributed by atoms with Crippen LogP contribution in [0, 0.1) is 5.82 Å². The van der Waals surface area contributed by atoms with Crippen LogP contribution in [0.25, 0.3) is 11.3 Å². The lowest BCUT2D eigenvalue weighted by Crippen LogP contribution is -2.46. The summed E-state index contributed by atoms with van der Waals surface area (Å²) in [6, 6.07) is 16.2. The summed E-state index contributed by atoms with van der Waals surface area (Å²) < 4.78 is 53.5. The fourth-order valence-electron chi connectivity index (χ4n) is 3.44. The SMILES string of the molecule is Fc1ccc(-c2cc(C(F)(F)F)nc(N3CCN(Cc4ccccc4)CC3)n2)cc1. The van der Waals surface area contributed by atoms with Crippen molar-refractivity contribution in [3.05, 3.63) is 77.7 Å². The van der Waals surface area contributed by atoms with E-state index in [0.29, 0.717) is 31.7 Å². The van der Waals surface area contributed by atoms with Crippen molar-refractivity contribution in [3.63, 3.8) is 0 Å². The van der Waals surface area contributed by atoms with Gasteiger partial charge in [0.05, 0.1) is 5.69 Å². The monoisotopic (exact) mass is 416 g/mol. The zero-order chi connectivity index (χ0) is 21.1. The molecule has 4 nitrogen and oxygen atoms in total. The van der Waals surface area contributed by atoms with Crippen LogP contribution in [0.3, 0.4) is 0 Å². The van der Waals surface area contributed by atoms with Gasteiger partial charge in [-0.2, -0.15) is 13.2 Å². The highest BCUT2D eigenvalue weighted by Gasteiger charge is 2.34. The molecule has 0 aliphatic carbocycles. The number of halogens is 4. The number of benzene rings is 2. The number of aromatic nitrogens is 2. The Morgan fingerprint density at radius 1 is 0.833 bits per heavy atom. The maximum absolute atomic E-state index is 13.4. The lowest BCUT2D eigenvalue weighted by Gasteiger charge is -2.35. The van der Waals surface area contributed by atoms with Gasteiger partial charge in [0, 0.05) is 38.3 Å². The number of hydrogen-bond acceptors (Lipinski definition) is 4. The van der Waals surface area contributed by atoms with E-state index in [0.717, 1.165) is 12.6 Å². The van der Waals surface area contributed by atoms with Crippen LogP contribution in [-0.4, -0.2) is 41.0 Å². The molecule has 0 bridgehead atoms. The van der Waals surface area contributed by atoms with Crippen molar-refractivity contribution in [2.24, 2.45) is 0 Å². The molecule has 1 saturated heterocycles. The van der Waals surface area contributed by atoms with Gasteiger partial charge in [0.15, 0.2) is 5.69 Å². The summed E-state index contributed by atoms with van der Waals surface area (Å²) in [5.74, 6) is -0.415. The minimum atomic E-state index is -4.60. The summed E-state index contributed by atoms with van der Waals surface area (Å²) in [6.07, 6.45) is -4.60. The molecule has 0 unspecified atom stereocenters. The molecule has 0 radical (unpaired) electrons. The standard InChI is InChI=1S/C22H20F4N4/c23-18-8-6-17(7-9-18)19-14-20(22(24,25)26)28-21(27-19)30-12-10-29(11-13-30)15-16-4-2-1-3-5-16/h1-9,14H,10-13,15H2. The van der Waals surface area contributed by atoms with Crippen molar-refractivity contribution in [1.82, 2.24) is 14.9 Å². The van der Waals surface area contributed by atoms with Crippen molar-refractivity contribution in [2.75, 3.05) is 31.1 Å². The number of nitrogens with zero attached hydrogens (tertiary/aromatic N) is 4. The maximum atomic E-state index is 13.4. The van der Waals surface area contributed by atoms with E-state index in [-0.39, 0.29) is 11.6 Å². The summed E-state index contributed by atoms with van der Waals surface area (Å²) in [5.41, 5.74) is 0.728. The normalized spacial score (nSPS) is 15.4. The summed E-state index contributed by atoms with van der Waals surface area (Å²) >= 11 is 0. The van der Waals surface area contributed by atoms with Crippen LogP contribution >= 0.6 is 0 Å². The second kappa shape index (κ2) is 8.39. The molecule has 2 heterocycles. The summed E-state index contributed by atoms with van der Waals surface area (Å²) in [4.78, 5) is 12.1. The van der Waals surface area contributed by atoms with Gasteiger partial charge in [-0.3, -0.25) is 4.90 Å². The predicted octanol–water partition coefficient (Wildman–Crippen LogP) is 4.62. The van der Waals surface area contributed by atoms with Gasteiger partial charge in [-0.25, -0.2) is 14.4 Å². The molecule has 1 aromatic heterocycles. The third-order valence-electron chi connectivity index (χ3n) is 5.05. The summed E-state index contributed by atoms with van der Waals surface area (Å²) in [6.45, 7) is 3.23. The smallest absolute Gasteiger partial charge is 0.338 e. The molecule has 1 aliphatic rings. The fourth-order valence-corrected chi connectivity index (χ4v) is 3.44. The Kier molecular flexibility index (Phi) is 5.67. The van der Waals surface area contributed by atoms with Gasteiger partial charge in [-0.1, -0.05) is 30.3 Å². The highest BCUT2D eigenvalue weighted by atomic mass is 19.4. The Morgan fingerprint density at radius 3 is 2.13 bits per heavy atom. The van der Waals surface area contributed by atoms with Gasteiger partial charge in [0.1, 0.15) is 5.82 Å². The third-order valence-corrected chi connectivity index (χ3v) is 5.05. The van der Waals surface area contributed by atoms with Crippen LogP contribution in [0.2, 0.25) is 0 Å². The molecule has 1 fully saturated rings. The number of hydrogen-bond donors (Lipinski definition) is 0. The van der Waals surface area contributed by atoms with E-state index in [1.165, 1.54) is 29.8 Å². The van der Waals surface area contributed by atoms with Crippen molar-refractivity contribution in [3.8, 4) is 11.3 Å². The topological polar surface area (TPSA) is 32.3 Å². The van der Waals surface area contributed by atoms with Gasteiger partial charge >= 0.3 is 6.18 Å². The molecule has 2 aromatic carbocycles. The first kappa shape index (κ1) is 20.3. The highest BCUT2D eigenvalue weighted by Crippen LogP contribution is 2.32. The van der Waals surface area contributed by atoms with E-state index in [4.69, 9.17) is 0 Å². The molecule has 30 heavy (non-hydrogen) atoms. The molecule has 1 aliphatic heterocycles. The van der Waals surface area contributed by atoms with E-state index < -0.39 is 17.7 Å². The lowest BCUT2D eigenvalue weighted by atomic mass is 10.1. The number of alkyl halides is 3. The Hall–Kier alpha value is -3.00. The van der Waals surface area contributed by atoms with E-state index >= 15 is 0 Å². The molecule has 3 aromatic rings. The van der Waals surface area contributed by atoms with Crippen molar-refractivity contribution < 1.29 is 17.6 Å². The molecule has 4 rings (SSSR count). The predicted molar refractivity (Wildman–Crippen MR) is 106 cm³/mol. The molecular formula is C22H20F4N4. The molecule has 0 atom stereocenters. The average molecular weight is 416 g/mol. The molecule has 0 N–H and O–H groups in total. The second-order valence-corrected chi connectivity index (χ2v) is 7.19. The van der Waals surface area contributed by atoms with Gasteiger partial charge in [0.25, 0.3) is 0 Å². The van der Waals surface area contributed by atoms with Gasteiger partial charge < -0.3 is 4.90 Å². The highest BCUT2D eigenvalue weighted by molar-refractivity contribution is 5.61. The zero-order valence-electron chi connectivity index (χ0n) is 16.1. The number of anilines is 1. The molecule has 156 valence electrons. The first-order chi connectivity index (χ1) is 14.4. The van der Waals surface area contributed by atoms with Crippen LogP contribution < -0.4 is 4.90 Å². The zero-order valence-corrected chi connectivity index (χ0v) is 16.1. The van der Waals surface area contributed by atoms with E-state index in [9.17, 15) is 17.6 Å². The third kappa shape index (κ3) is 4.76. The van der Waals surface area contributed by atoms with E-state index in [1.807, 2.05) is 18.2 Å². The first-order valence-corrected chi connectivity index (χ1v) is 9.62. The minimum absolute atomic E-state index is 0.0449. The van der Waals surface area contributed by atoms with Crippen LogP contribution in [0.1, 0.15) is 11.3 Å².